The second-order valence-corrected chi connectivity index (χ2v) is 6.46. The van der Waals surface area contributed by atoms with E-state index in [-0.39, 0.29) is 17.0 Å². The minimum Gasteiger partial charge on any atom is -0.360 e. The Balaban J connectivity index is 1.96. The van der Waals surface area contributed by atoms with E-state index in [0.29, 0.717) is 32.6 Å². The van der Waals surface area contributed by atoms with Crippen molar-refractivity contribution in [2.75, 3.05) is 5.32 Å². The third-order valence-corrected chi connectivity index (χ3v) is 4.47. The quantitative estimate of drug-likeness (QED) is 0.606. The molecule has 0 saturated carbocycles. The lowest BCUT2D eigenvalue weighted by molar-refractivity contribution is 0.101. The Labute approximate surface area is 159 Å². The number of carbonyl (C=O) groups excluding carboxylic acids is 2. The predicted octanol–water partition coefficient (Wildman–Crippen LogP) is 5.41. The molecule has 1 N–H and O–H groups in total. The van der Waals surface area contributed by atoms with E-state index in [1.165, 1.54) is 6.92 Å². The van der Waals surface area contributed by atoms with E-state index in [1.54, 1.807) is 49.4 Å². The minimum atomic E-state index is -0.412. The molecule has 0 aliphatic carbocycles. The maximum atomic E-state index is 12.8. The Morgan fingerprint density at radius 3 is 2.23 bits per heavy atom. The molecule has 0 saturated heterocycles. The Morgan fingerprint density at radius 1 is 1.04 bits per heavy atom. The van der Waals surface area contributed by atoms with Gasteiger partial charge in [0.05, 0.1) is 10.0 Å². The van der Waals surface area contributed by atoms with Crippen molar-refractivity contribution in [3.05, 3.63) is 69.4 Å². The van der Waals surface area contributed by atoms with Crippen molar-refractivity contribution in [3.63, 3.8) is 0 Å². The first-order chi connectivity index (χ1) is 12.4. The van der Waals surface area contributed by atoms with E-state index in [0.717, 1.165) is 0 Å². The molecule has 1 aromatic heterocycles. The number of nitrogens with zero attached hydrogens (tertiary/aromatic N) is 1. The highest BCUT2D eigenvalue weighted by atomic mass is 35.5. The van der Waals surface area contributed by atoms with Crippen molar-refractivity contribution in [3.8, 4) is 11.3 Å². The van der Waals surface area contributed by atoms with E-state index in [9.17, 15) is 9.59 Å². The normalized spacial score (nSPS) is 10.6. The standard InChI is InChI=1S/C19H14Cl2N2O3/c1-10(24)12-6-8-13(9-7-12)22-19(25)16-11(2)26-23-18(16)17-14(20)4-3-5-15(17)21/h3-9H,1-2H3,(H,22,25). The van der Waals surface area contributed by atoms with Crippen LogP contribution in [0.15, 0.2) is 47.0 Å². The lowest BCUT2D eigenvalue weighted by Gasteiger charge is -2.08. The number of nitrogens with one attached hydrogen (secondary N) is 1. The molecule has 1 amide bonds. The Bertz CT molecular complexity index is 974. The van der Waals surface area contributed by atoms with Gasteiger partial charge in [-0.25, -0.2) is 0 Å². The molecule has 0 spiro atoms. The minimum absolute atomic E-state index is 0.0478. The van der Waals surface area contributed by atoms with Crippen LogP contribution in [0.1, 0.15) is 33.4 Å². The summed E-state index contributed by atoms with van der Waals surface area (Å²) in [5.41, 5.74) is 2.06. The van der Waals surface area contributed by atoms with Crippen molar-refractivity contribution >= 4 is 40.6 Å². The number of hydrogen-bond acceptors (Lipinski definition) is 4. The van der Waals surface area contributed by atoms with Gasteiger partial charge in [-0.2, -0.15) is 0 Å². The van der Waals surface area contributed by atoms with Crippen molar-refractivity contribution in [2.24, 2.45) is 0 Å². The zero-order valence-corrected chi connectivity index (χ0v) is 15.5. The van der Waals surface area contributed by atoms with Crippen molar-refractivity contribution in [1.29, 1.82) is 0 Å². The van der Waals surface area contributed by atoms with Gasteiger partial charge in [-0.15, -0.1) is 0 Å². The topological polar surface area (TPSA) is 72.2 Å². The lowest BCUT2D eigenvalue weighted by Crippen LogP contribution is -2.13. The van der Waals surface area contributed by atoms with Crippen molar-refractivity contribution < 1.29 is 14.1 Å². The zero-order chi connectivity index (χ0) is 18.8. The van der Waals surface area contributed by atoms with Gasteiger partial charge in [-0.3, -0.25) is 9.59 Å². The number of Topliss-reactive ketones (excluding diaryl/α,β-unsaturated/α-hetero) is 1. The van der Waals surface area contributed by atoms with Crippen LogP contribution in [0.5, 0.6) is 0 Å². The van der Waals surface area contributed by atoms with Gasteiger partial charge in [0.25, 0.3) is 5.91 Å². The summed E-state index contributed by atoms with van der Waals surface area (Å²) in [7, 11) is 0. The van der Waals surface area contributed by atoms with Crippen LogP contribution >= 0.6 is 23.2 Å². The fraction of sp³-hybridized carbons (Fsp3) is 0.105. The Morgan fingerprint density at radius 2 is 1.65 bits per heavy atom. The van der Waals surface area contributed by atoms with Crippen LogP contribution in [-0.4, -0.2) is 16.8 Å². The molecule has 7 heteroatoms. The van der Waals surface area contributed by atoms with Gasteiger partial charge in [-0.05, 0) is 50.2 Å². The monoisotopic (exact) mass is 388 g/mol. The van der Waals surface area contributed by atoms with Gasteiger partial charge >= 0.3 is 0 Å². The molecule has 0 fully saturated rings. The number of aromatic nitrogens is 1. The number of hydrogen-bond donors (Lipinski definition) is 1. The first-order valence-corrected chi connectivity index (χ1v) is 8.47. The molecule has 3 aromatic rings. The Kier molecular flexibility index (Phi) is 5.11. The van der Waals surface area contributed by atoms with E-state index < -0.39 is 5.91 Å². The highest BCUT2D eigenvalue weighted by Crippen LogP contribution is 2.36. The lowest BCUT2D eigenvalue weighted by atomic mass is 10.1. The van der Waals surface area contributed by atoms with Gasteiger partial charge < -0.3 is 9.84 Å². The van der Waals surface area contributed by atoms with Crippen LogP contribution in [0.25, 0.3) is 11.3 Å². The van der Waals surface area contributed by atoms with Crippen LogP contribution in [-0.2, 0) is 0 Å². The molecule has 0 radical (unpaired) electrons. The molecule has 0 bridgehead atoms. The summed E-state index contributed by atoms with van der Waals surface area (Å²) in [5.74, 6) is -0.118. The number of carbonyl (C=O) groups is 2. The third kappa shape index (κ3) is 3.49. The number of halogens is 2. The summed E-state index contributed by atoms with van der Waals surface area (Å²) in [5, 5.41) is 7.45. The summed E-state index contributed by atoms with van der Waals surface area (Å²) < 4.78 is 5.20. The van der Waals surface area contributed by atoms with Crippen LogP contribution < -0.4 is 5.32 Å². The van der Waals surface area contributed by atoms with Gasteiger partial charge in [0, 0.05) is 16.8 Å². The SMILES string of the molecule is CC(=O)c1ccc(NC(=O)c2c(-c3c(Cl)cccc3Cl)noc2C)cc1. The smallest absolute Gasteiger partial charge is 0.261 e. The average Bonchev–Trinajstić information content (AvgIpc) is 2.96. The molecule has 2 aromatic carbocycles. The van der Waals surface area contributed by atoms with E-state index in [1.807, 2.05) is 0 Å². The highest BCUT2D eigenvalue weighted by Gasteiger charge is 2.24. The van der Waals surface area contributed by atoms with Gasteiger partial charge in [0.15, 0.2) is 5.78 Å². The molecular formula is C19H14Cl2N2O3. The third-order valence-electron chi connectivity index (χ3n) is 3.84. The van der Waals surface area contributed by atoms with Crippen LogP contribution in [0.4, 0.5) is 5.69 Å². The van der Waals surface area contributed by atoms with E-state index in [4.69, 9.17) is 27.7 Å². The number of anilines is 1. The summed E-state index contributed by atoms with van der Waals surface area (Å²) in [6, 6.07) is 11.6. The van der Waals surface area contributed by atoms with E-state index >= 15 is 0 Å². The van der Waals surface area contributed by atoms with Crippen molar-refractivity contribution in [1.82, 2.24) is 5.16 Å². The highest BCUT2D eigenvalue weighted by molar-refractivity contribution is 6.39. The molecule has 0 aliphatic rings. The van der Waals surface area contributed by atoms with E-state index in [2.05, 4.69) is 10.5 Å². The largest absolute Gasteiger partial charge is 0.360 e. The summed E-state index contributed by atoms with van der Waals surface area (Å²) in [6.07, 6.45) is 0. The number of aryl methyl sites for hydroxylation is 1. The second kappa shape index (κ2) is 7.32. The predicted molar refractivity (Wildman–Crippen MR) is 101 cm³/mol. The molecule has 5 nitrogen and oxygen atoms in total. The van der Waals surface area contributed by atoms with Crippen LogP contribution in [0.3, 0.4) is 0 Å². The number of ketones is 1. The fourth-order valence-electron chi connectivity index (χ4n) is 2.52. The maximum Gasteiger partial charge on any atom is 0.261 e. The van der Waals surface area contributed by atoms with Crippen molar-refractivity contribution in [2.45, 2.75) is 13.8 Å². The molecular weight excluding hydrogens is 375 g/mol. The number of benzene rings is 2. The average molecular weight is 389 g/mol. The fourth-order valence-corrected chi connectivity index (χ4v) is 3.09. The molecule has 132 valence electrons. The summed E-state index contributed by atoms with van der Waals surface area (Å²) in [6.45, 7) is 3.11. The summed E-state index contributed by atoms with van der Waals surface area (Å²) >= 11 is 12.5. The number of rotatable bonds is 4. The first kappa shape index (κ1) is 18.2. The molecule has 0 atom stereocenters. The molecule has 1 heterocycles. The number of amides is 1. The molecule has 0 unspecified atom stereocenters. The van der Waals surface area contributed by atoms with Crippen LogP contribution in [0.2, 0.25) is 10.0 Å². The van der Waals surface area contributed by atoms with Gasteiger partial charge in [0.1, 0.15) is 17.0 Å². The first-order valence-electron chi connectivity index (χ1n) is 7.71. The van der Waals surface area contributed by atoms with Gasteiger partial charge in [-0.1, -0.05) is 34.4 Å². The van der Waals surface area contributed by atoms with Crippen LogP contribution in [0, 0.1) is 6.92 Å². The molecule has 26 heavy (non-hydrogen) atoms. The molecule has 3 rings (SSSR count). The summed E-state index contributed by atoms with van der Waals surface area (Å²) in [4.78, 5) is 24.1. The maximum absolute atomic E-state index is 12.8. The second-order valence-electron chi connectivity index (χ2n) is 5.65. The Hall–Kier alpha value is -2.63. The zero-order valence-electron chi connectivity index (χ0n) is 14.0. The molecule has 0 aliphatic heterocycles. The van der Waals surface area contributed by atoms with Gasteiger partial charge in [0.2, 0.25) is 0 Å².